The third-order valence-electron chi connectivity index (χ3n) is 3.84. The molecule has 0 unspecified atom stereocenters. The number of thioether (sulfide) groups is 1. The van der Waals surface area contributed by atoms with E-state index >= 15 is 0 Å². The Balaban J connectivity index is 1.49. The third-order valence-corrected chi connectivity index (χ3v) is 4.98. The molecule has 4 rings (SSSR count). The second-order valence-corrected chi connectivity index (χ2v) is 7.40. The maximum Gasteiger partial charge on any atom is 0.221 e. The lowest BCUT2D eigenvalue weighted by Gasteiger charge is -2.06. The third kappa shape index (κ3) is 4.64. The van der Waals surface area contributed by atoms with Crippen molar-refractivity contribution in [3.8, 4) is 17.0 Å². The van der Waals surface area contributed by atoms with Gasteiger partial charge in [0.25, 0.3) is 0 Å². The maximum atomic E-state index is 11.3. The summed E-state index contributed by atoms with van der Waals surface area (Å²) < 4.78 is 7.41. The number of oxazole rings is 1. The minimum Gasteiger partial charge on any atom is -0.440 e. The molecule has 0 bridgehead atoms. The van der Waals surface area contributed by atoms with Crippen molar-refractivity contribution in [2.45, 2.75) is 17.8 Å². The SMILES string of the molecule is CC(=O)Nc1cccc(-n2nnnc2SCc2ncc(-c3cccc(Cl)c3)o2)c1. The van der Waals surface area contributed by atoms with Gasteiger partial charge in [0.2, 0.25) is 17.0 Å². The molecule has 146 valence electrons. The van der Waals surface area contributed by atoms with Gasteiger partial charge in [-0.1, -0.05) is 41.6 Å². The standard InChI is InChI=1S/C19H15ClN6O2S/c1-12(27)22-15-6-3-7-16(9-15)26-19(23-24-25-26)29-11-18-21-10-17(28-18)13-4-2-5-14(20)8-13/h2-10H,11H2,1H3,(H,22,27). The Morgan fingerprint density at radius 1 is 1.24 bits per heavy atom. The summed E-state index contributed by atoms with van der Waals surface area (Å²) in [6, 6.07) is 14.7. The second-order valence-electron chi connectivity index (χ2n) is 6.02. The summed E-state index contributed by atoms with van der Waals surface area (Å²) in [5, 5.41) is 15.8. The van der Waals surface area contributed by atoms with Crippen molar-refractivity contribution in [1.29, 1.82) is 0 Å². The van der Waals surface area contributed by atoms with E-state index in [1.807, 2.05) is 30.3 Å². The van der Waals surface area contributed by atoms with E-state index in [1.54, 1.807) is 29.1 Å². The van der Waals surface area contributed by atoms with E-state index in [0.29, 0.717) is 33.3 Å². The largest absolute Gasteiger partial charge is 0.440 e. The summed E-state index contributed by atoms with van der Waals surface area (Å²) in [5.41, 5.74) is 2.26. The van der Waals surface area contributed by atoms with Gasteiger partial charge in [0, 0.05) is 23.2 Å². The van der Waals surface area contributed by atoms with Crippen LogP contribution in [0.2, 0.25) is 5.02 Å². The van der Waals surface area contributed by atoms with Gasteiger partial charge in [-0.25, -0.2) is 4.98 Å². The number of carbonyl (C=O) groups excluding carboxylic acids is 1. The molecule has 29 heavy (non-hydrogen) atoms. The van der Waals surface area contributed by atoms with Gasteiger partial charge in [-0.3, -0.25) is 4.79 Å². The zero-order valence-corrected chi connectivity index (χ0v) is 16.8. The Labute approximate surface area is 175 Å². The van der Waals surface area contributed by atoms with Crippen LogP contribution in [0.1, 0.15) is 12.8 Å². The molecule has 0 spiro atoms. The Bertz CT molecular complexity index is 1160. The molecule has 2 heterocycles. The number of anilines is 1. The highest BCUT2D eigenvalue weighted by molar-refractivity contribution is 7.98. The van der Waals surface area contributed by atoms with Gasteiger partial charge in [-0.2, -0.15) is 4.68 Å². The lowest BCUT2D eigenvalue weighted by molar-refractivity contribution is -0.114. The summed E-state index contributed by atoms with van der Waals surface area (Å²) >= 11 is 7.42. The molecule has 1 amide bonds. The minimum absolute atomic E-state index is 0.145. The number of hydrogen-bond acceptors (Lipinski definition) is 7. The topological polar surface area (TPSA) is 98.7 Å². The molecule has 0 aliphatic carbocycles. The van der Waals surface area contributed by atoms with Crippen LogP contribution in [0, 0.1) is 0 Å². The first-order chi connectivity index (χ1) is 14.1. The van der Waals surface area contributed by atoms with Crippen LogP contribution >= 0.6 is 23.4 Å². The number of nitrogens with one attached hydrogen (secondary N) is 1. The number of tetrazole rings is 1. The minimum atomic E-state index is -0.145. The van der Waals surface area contributed by atoms with Crippen molar-refractivity contribution >= 4 is 35.0 Å². The first-order valence-corrected chi connectivity index (χ1v) is 9.95. The van der Waals surface area contributed by atoms with E-state index in [1.165, 1.54) is 18.7 Å². The lowest BCUT2D eigenvalue weighted by atomic mass is 10.2. The van der Waals surface area contributed by atoms with Crippen molar-refractivity contribution < 1.29 is 9.21 Å². The fourth-order valence-corrected chi connectivity index (χ4v) is 3.56. The van der Waals surface area contributed by atoms with Crippen LogP contribution in [0.5, 0.6) is 0 Å². The molecule has 2 aromatic heterocycles. The molecule has 4 aromatic rings. The fraction of sp³-hybridized carbons (Fsp3) is 0.105. The van der Waals surface area contributed by atoms with Crippen LogP contribution in [0.3, 0.4) is 0 Å². The number of nitrogens with zero attached hydrogens (tertiary/aromatic N) is 5. The monoisotopic (exact) mass is 426 g/mol. The summed E-state index contributed by atoms with van der Waals surface area (Å²) in [6.07, 6.45) is 1.67. The van der Waals surface area contributed by atoms with Gasteiger partial charge in [0.05, 0.1) is 17.6 Å². The van der Waals surface area contributed by atoms with Crippen LogP contribution in [0.4, 0.5) is 5.69 Å². The number of aromatic nitrogens is 5. The molecule has 0 aliphatic rings. The summed E-state index contributed by atoms with van der Waals surface area (Å²) in [4.78, 5) is 15.6. The first-order valence-electron chi connectivity index (χ1n) is 8.58. The first kappa shape index (κ1) is 19.2. The molecule has 1 N–H and O–H groups in total. The number of halogens is 1. The average molecular weight is 427 g/mol. The Morgan fingerprint density at radius 3 is 2.93 bits per heavy atom. The number of rotatable bonds is 6. The summed E-state index contributed by atoms with van der Waals surface area (Å²) in [6.45, 7) is 1.46. The van der Waals surface area contributed by atoms with Gasteiger partial charge in [-0.05, 0) is 40.8 Å². The van der Waals surface area contributed by atoms with Crippen LogP contribution in [0.15, 0.2) is 64.3 Å². The Kier molecular flexibility index (Phi) is 5.59. The molecule has 2 aromatic carbocycles. The van der Waals surface area contributed by atoms with Crippen molar-refractivity contribution in [2.75, 3.05) is 5.32 Å². The molecule has 10 heteroatoms. The van der Waals surface area contributed by atoms with Crippen molar-refractivity contribution in [1.82, 2.24) is 25.2 Å². The van der Waals surface area contributed by atoms with Crippen LogP contribution in [-0.2, 0) is 10.5 Å². The van der Waals surface area contributed by atoms with Gasteiger partial charge >= 0.3 is 0 Å². The van der Waals surface area contributed by atoms with E-state index < -0.39 is 0 Å². The van der Waals surface area contributed by atoms with E-state index in [9.17, 15) is 4.79 Å². The van der Waals surface area contributed by atoms with Gasteiger partial charge in [0.1, 0.15) is 0 Å². The highest BCUT2D eigenvalue weighted by atomic mass is 35.5. The molecular formula is C19H15ClN6O2S. The molecular weight excluding hydrogens is 412 g/mol. The van der Waals surface area contributed by atoms with E-state index in [4.69, 9.17) is 16.0 Å². The molecule has 0 atom stereocenters. The van der Waals surface area contributed by atoms with Crippen LogP contribution in [-0.4, -0.2) is 31.1 Å². The number of hydrogen-bond donors (Lipinski definition) is 1. The quantitative estimate of drug-likeness (QED) is 0.461. The van der Waals surface area contributed by atoms with Crippen molar-refractivity contribution in [2.24, 2.45) is 0 Å². The summed E-state index contributed by atoms with van der Waals surface area (Å²) in [7, 11) is 0. The maximum absolute atomic E-state index is 11.3. The molecule has 8 nitrogen and oxygen atoms in total. The van der Waals surface area contributed by atoms with E-state index in [0.717, 1.165) is 11.3 Å². The predicted molar refractivity (Wildman–Crippen MR) is 110 cm³/mol. The molecule has 0 aliphatic heterocycles. The normalized spacial score (nSPS) is 10.8. The lowest BCUT2D eigenvalue weighted by Crippen LogP contribution is -2.07. The van der Waals surface area contributed by atoms with Crippen molar-refractivity contribution in [3.05, 3.63) is 65.6 Å². The highest BCUT2D eigenvalue weighted by Crippen LogP contribution is 2.27. The highest BCUT2D eigenvalue weighted by Gasteiger charge is 2.13. The number of benzene rings is 2. The van der Waals surface area contributed by atoms with Gasteiger partial charge < -0.3 is 9.73 Å². The molecule has 0 fully saturated rings. The number of amides is 1. The van der Waals surface area contributed by atoms with Crippen LogP contribution < -0.4 is 5.32 Å². The Hall–Kier alpha value is -3.17. The van der Waals surface area contributed by atoms with Gasteiger partial charge in [-0.15, -0.1) is 5.10 Å². The molecule has 0 saturated carbocycles. The van der Waals surface area contributed by atoms with E-state index in [2.05, 4.69) is 25.8 Å². The molecule has 0 radical (unpaired) electrons. The Morgan fingerprint density at radius 2 is 2.10 bits per heavy atom. The zero-order chi connectivity index (χ0) is 20.2. The fourth-order valence-electron chi connectivity index (χ4n) is 2.63. The van der Waals surface area contributed by atoms with Gasteiger partial charge in [0.15, 0.2) is 5.76 Å². The predicted octanol–water partition coefficient (Wildman–Crippen LogP) is 4.22. The summed E-state index contributed by atoms with van der Waals surface area (Å²) in [5.74, 6) is 1.50. The average Bonchev–Trinajstić information content (AvgIpc) is 3.35. The van der Waals surface area contributed by atoms with E-state index in [-0.39, 0.29) is 5.91 Å². The smallest absolute Gasteiger partial charge is 0.221 e. The van der Waals surface area contributed by atoms with Crippen molar-refractivity contribution in [3.63, 3.8) is 0 Å². The second kappa shape index (κ2) is 8.46. The molecule has 0 saturated heterocycles. The number of carbonyl (C=O) groups is 1. The van der Waals surface area contributed by atoms with Crippen LogP contribution in [0.25, 0.3) is 17.0 Å². The zero-order valence-electron chi connectivity index (χ0n) is 15.2.